The van der Waals surface area contributed by atoms with E-state index in [0.717, 1.165) is 35.6 Å². The lowest BCUT2D eigenvalue weighted by molar-refractivity contribution is 0.211. The first-order valence-corrected chi connectivity index (χ1v) is 8.85. The van der Waals surface area contributed by atoms with Crippen molar-refractivity contribution in [2.24, 2.45) is 5.92 Å². The van der Waals surface area contributed by atoms with Crippen LogP contribution in [0.5, 0.6) is 5.75 Å². The highest BCUT2D eigenvalue weighted by molar-refractivity contribution is 6.50. The predicted molar refractivity (Wildman–Crippen MR) is 97.8 cm³/mol. The average Bonchev–Trinajstić information content (AvgIpc) is 3.02. The van der Waals surface area contributed by atoms with Crippen molar-refractivity contribution in [2.75, 3.05) is 0 Å². The molecule has 1 fully saturated rings. The molecule has 1 aliphatic rings. The summed E-state index contributed by atoms with van der Waals surface area (Å²) in [5, 5.41) is 0. The second-order valence-corrected chi connectivity index (χ2v) is 7.85. The zero-order valence-corrected chi connectivity index (χ0v) is 14.8. The first-order valence-electron chi connectivity index (χ1n) is 8.09. The van der Waals surface area contributed by atoms with E-state index in [1.54, 1.807) is 0 Å². The number of para-hydroxylation sites is 3. The molecule has 0 N–H and O–H groups in total. The number of aromatic nitrogens is 2. The average molecular weight is 361 g/mol. The van der Waals surface area contributed by atoms with Gasteiger partial charge in [-0.3, -0.25) is 0 Å². The van der Waals surface area contributed by atoms with Gasteiger partial charge < -0.3 is 9.30 Å². The van der Waals surface area contributed by atoms with Crippen molar-refractivity contribution in [1.29, 1.82) is 0 Å². The van der Waals surface area contributed by atoms with Crippen LogP contribution in [0.4, 0.5) is 0 Å². The topological polar surface area (TPSA) is 27.1 Å². The Kier molecular flexibility index (Phi) is 3.93. The maximum atomic E-state index is 6.24. The Morgan fingerprint density at radius 2 is 1.83 bits per heavy atom. The molecule has 24 heavy (non-hydrogen) atoms. The fourth-order valence-electron chi connectivity index (χ4n) is 3.04. The standard InChI is InChI=1S/C19H18Cl2N2O/c1-13(24-15-7-3-2-4-8-15)18-22-16-9-5-6-10-17(16)23(18)12-14-11-19(14,20)21/h2-10,13-14H,11-12H2,1H3. The maximum Gasteiger partial charge on any atom is 0.153 e. The number of fused-ring (bicyclic) bond motifs is 1. The molecule has 1 heterocycles. The third kappa shape index (κ3) is 2.99. The summed E-state index contributed by atoms with van der Waals surface area (Å²) in [4.78, 5) is 4.79. The SMILES string of the molecule is CC(Oc1ccccc1)c1nc2ccccc2n1CC1CC1(Cl)Cl. The number of imidazole rings is 1. The molecule has 0 amide bonds. The third-order valence-corrected chi connectivity index (χ3v) is 5.39. The fourth-order valence-corrected chi connectivity index (χ4v) is 3.55. The molecular formula is C19H18Cl2N2O. The second kappa shape index (κ2) is 5.98. The highest BCUT2D eigenvalue weighted by Gasteiger charge is 2.51. The molecule has 2 atom stereocenters. The van der Waals surface area contributed by atoms with Crippen LogP contribution in [0.3, 0.4) is 0 Å². The number of halogens is 2. The van der Waals surface area contributed by atoms with Gasteiger partial charge in [0.2, 0.25) is 0 Å². The Bertz CT molecular complexity index is 860. The molecule has 5 heteroatoms. The van der Waals surface area contributed by atoms with Crippen LogP contribution in [0.2, 0.25) is 0 Å². The van der Waals surface area contributed by atoms with Crippen LogP contribution in [0.1, 0.15) is 25.3 Å². The number of hydrogen-bond donors (Lipinski definition) is 0. The number of hydrogen-bond acceptors (Lipinski definition) is 2. The van der Waals surface area contributed by atoms with Gasteiger partial charge in [0, 0.05) is 12.5 Å². The molecular weight excluding hydrogens is 343 g/mol. The monoisotopic (exact) mass is 360 g/mol. The fraction of sp³-hybridized carbons (Fsp3) is 0.316. The molecule has 4 rings (SSSR count). The van der Waals surface area contributed by atoms with Gasteiger partial charge >= 0.3 is 0 Å². The largest absolute Gasteiger partial charge is 0.483 e. The molecule has 1 aliphatic carbocycles. The van der Waals surface area contributed by atoms with Crippen molar-refractivity contribution in [3.05, 3.63) is 60.4 Å². The summed E-state index contributed by atoms with van der Waals surface area (Å²) in [7, 11) is 0. The van der Waals surface area contributed by atoms with Gasteiger partial charge in [0.25, 0.3) is 0 Å². The van der Waals surface area contributed by atoms with E-state index in [2.05, 4.69) is 10.6 Å². The van der Waals surface area contributed by atoms with E-state index in [4.69, 9.17) is 32.9 Å². The summed E-state index contributed by atoms with van der Waals surface area (Å²) in [5.41, 5.74) is 2.05. The molecule has 0 radical (unpaired) electrons. The molecule has 1 aromatic heterocycles. The first kappa shape index (κ1) is 15.8. The molecule has 0 saturated heterocycles. The van der Waals surface area contributed by atoms with Gasteiger partial charge in [0.1, 0.15) is 10.1 Å². The second-order valence-electron chi connectivity index (χ2n) is 6.30. The lowest BCUT2D eigenvalue weighted by Crippen LogP contribution is -2.14. The van der Waals surface area contributed by atoms with Crippen molar-refractivity contribution in [1.82, 2.24) is 9.55 Å². The minimum Gasteiger partial charge on any atom is -0.483 e. The Morgan fingerprint density at radius 1 is 1.17 bits per heavy atom. The van der Waals surface area contributed by atoms with Gasteiger partial charge in [-0.25, -0.2) is 4.98 Å². The van der Waals surface area contributed by atoms with Crippen LogP contribution in [-0.2, 0) is 6.54 Å². The molecule has 3 nitrogen and oxygen atoms in total. The van der Waals surface area contributed by atoms with Gasteiger partial charge in [-0.05, 0) is 37.6 Å². The number of alkyl halides is 2. The Morgan fingerprint density at radius 3 is 2.54 bits per heavy atom. The number of nitrogens with zero attached hydrogens (tertiary/aromatic N) is 2. The highest BCUT2D eigenvalue weighted by Crippen LogP contribution is 2.54. The van der Waals surface area contributed by atoms with Crippen LogP contribution in [-0.4, -0.2) is 13.9 Å². The molecule has 3 aromatic rings. The molecule has 0 spiro atoms. The van der Waals surface area contributed by atoms with Crippen LogP contribution in [0, 0.1) is 5.92 Å². The van der Waals surface area contributed by atoms with E-state index < -0.39 is 4.33 Å². The zero-order chi connectivity index (χ0) is 16.7. The normalized spacial score (nSPS) is 20.0. The summed E-state index contributed by atoms with van der Waals surface area (Å²) in [6, 6.07) is 17.9. The predicted octanol–water partition coefficient (Wildman–Crippen LogP) is 5.37. The van der Waals surface area contributed by atoms with Crippen molar-refractivity contribution in [3.8, 4) is 5.75 Å². The molecule has 1 saturated carbocycles. The third-order valence-electron chi connectivity index (χ3n) is 4.46. The van der Waals surface area contributed by atoms with Gasteiger partial charge in [-0.1, -0.05) is 30.3 Å². The summed E-state index contributed by atoms with van der Waals surface area (Å²) in [6.45, 7) is 2.78. The van der Waals surface area contributed by atoms with Crippen molar-refractivity contribution in [2.45, 2.75) is 30.3 Å². The number of ether oxygens (including phenoxy) is 1. The van der Waals surface area contributed by atoms with Crippen LogP contribution in [0.25, 0.3) is 11.0 Å². The lowest BCUT2D eigenvalue weighted by Gasteiger charge is -2.17. The van der Waals surface area contributed by atoms with Gasteiger partial charge in [-0.15, -0.1) is 23.2 Å². The summed E-state index contributed by atoms with van der Waals surface area (Å²) >= 11 is 12.5. The molecule has 2 aromatic carbocycles. The minimum atomic E-state index is -0.605. The molecule has 0 aliphatic heterocycles. The Hall–Kier alpha value is -1.71. The van der Waals surface area contributed by atoms with Gasteiger partial charge in [0.15, 0.2) is 11.9 Å². The van der Waals surface area contributed by atoms with Crippen molar-refractivity contribution < 1.29 is 4.74 Å². The lowest BCUT2D eigenvalue weighted by atomic mass is 10.3. The Labute approximate surface area is 151 Å². The number of rotatable bonds is 5. The number of benzene rings is 2. The van der Waals surface area contributed by atoms with E-state index in [1.165, 1.54) is 0 Å². The van der Waals surface area contributed by atoms with Crippen LogP contribution < -0.4 is 4.74 Å². The van der Waals surface area contributed by atoms with Crippen LogP contribution in [0.15, 0.2) is 54.6 Å². The molecule has 2 unspecified atom stereocenters. The highest BCUT2D eigenvalue weighted by atomic mass is 35.5. The maximum absolute atomic E-state index is 6.24. The van der Waals surface area contributed by atoms with E-state index in [0.29, 0.717) is 0 Å². The summed E-state index contributed by atoms with van der Waals surface area (Å²) < 4.78 is 7.66. The molecule has 0 bridgehead atoms. The summed E-state index contributed by atoms with van der Waals surface area (Å²) in [5.74, 6) is 1.98. The molecule has 124 valence electrons. The van der Waals surface area contributed by atoms with Crippen molar-refractivity contribution in [3.63, 3.8) is 0 Å². The van der Waals surface area contributed by atoms with E-state index in [9.17, 15) is 0 Å². The summed E-state index contributed by atoms with van der Waals surface area (Å²) in [6.07, 6.45) is 0.647. The zero-order valence-electron chi connectivity index (χ0n) is 13.3. The Balaban J connectivity index is 1.68. The van der Waals surface area contributed by atoms with E-state index in [-0.39, 0.29) is 12.0 Å². The quantitative estimate of drug-likeness (QED) is 0.571. The van der Waals surface area contributed by atoms with Crippen molar-refractivity contribution >= 4 is 34.2 Å². The van der Waals surface area contributed by atoms with Crippen LogP contribution >= 0.6 is 23.2 Å². The smallest absolute Gasteiger partial charge is 0.153 e. The van der Waals surface area contributed by atoms with E-state index in [1.807, 2.05) is 55.5 Å². The van der Waals surface area contributed by atoms with Gasteiger partial charge in [-0.2, -0.15) is 0 Å². The minimum absolute atomic E-state index is 0.168. The first-order chi connectivity index (χ1) is 11.5. The van der Waals surface area contributed by atoms with Gasteiger partial charge in [0.05, 0.1) is 11.0 Å². The van der Waals surface area contributed by atoms with E-state index >= 15 is 0 Å².